The molecule has 0 unspecified atom stereocenters. The van der Waals surface area contributed by atoms with E-state index in [-0.39, 0.29) is 19.5 Å². The van der Waals surface area contributed by atoms with Crippen LogP contribution in [0.4, 0.5) is 0 Å². The molecule has 41 valence electrons. The van der Waals surface area contributed by atoms with Crippen molar-refractivity contribution in [1.82, 2.24) is 0 Å². The fraction of sp³-hybridized carbons (Fsp3) is 1.00. The Bertz CT molecular complexity index is 24.3. The van der Waals surface area contributed by atoms with Gasteiger partial charge in [-0.1, -0.05) is 0 Å². The van der Waals surface area contributed by atoms with Crippen molar-refractivity contribution in [2.75, 3.05) is 0 Å². The van der Waals surface area contributed by atoms with Crippen LogP contribution in [0.3, 0.4) is 0 Å². The van der Waals surface area contributed by atoms with Crippen LogP contribution in [0.1, 0.15) is 0 Å². The first-order chi connectivity index (χ1) is 2.00. The summed E-state index contributed by atoms with van der Waals surface area (Å²) in [6, 6.07) is 0. The Morgan fingerprint density at radius 3 is 1.17 bits per heavy atom. The molecule has 0 aromatic rings. The van der Waals surface area contributed by atoms with Gasteiger partial charge in [0.25, 0.3) is 0 Å². The van der Waals surface area contributed by atoms with Crippen LogP contribution in [0.25, 0.3) is 0 Å². The minimum absolute atomic E-state index is 0. The topological polar surface area (TPSA) is 0 Å². The van der Waals surface area contributed by atoms with Gasteiger partial charge >= 0.3 is 43.5 Å². The molecule has 0 radical (unpaired) electrons. The summed E-state index contributed by atoms with van der Waals surface area (Å²) in [7, 11) is 0. The molecule has 0 aliphatic heterocycles. The normalized spacial score (nSPS) is 10.0. The van der Waals surface area contributed by atoms with E-state index in [4.69, 9.17) is 0 Å². The van der Waals surface area contributed by atoms with Gasteiger partial charge in [-0.05, 0) is 0 Å². The number of rotatable bonds is 0. The molecular formula is C3H9Ru2Si. The molecule has 0 spiro atoms. The molecule has 3 heteroatoms. The Morgan fingerprint density at radius 1 is 1.17 bits per heavy atom. The van der Waals surface area contributed by atoms with Crippen molar-refractivity contribution in [3.63, 3.8) is 0 Å². The molecule has 0 bridgehead atoms. The van der Waals surface area contributed by atoms with Crippen molar-refractivity contribution in [2.24, 2.45) is 0 Å². The zero-order valence-corrected chi connectivity index (χ0v) is 8.68. The summed E-state index contributed by atoms with van der Waals surface area (Å²) in [5.41, 5.74) is 0. The third-order valence-electron chi connectivity index (χ3n) is 0. The zero-order valence-electron chi connectivity index (χ0n) is 4.21. The molecule has 0 nitrogen and oxygen atoms in total. The van der Waals surface area contributed by atoms with Crippen LogP contribution < -0.4 is 0 Å². The van der Waals surface area contributed by atoms with E-state index in [1.807, 2.05) is 0 Å². The first-order valence-electron chi connectivity index (χ1n) is 1.68. The Kier molecular flexibility index (Phi) is 6.03. The van der Waals surface area contributed by atoms with Gasteiger partial charge in [0, 0.05) is 19.5 Å². The molecule has 0 aromatic heterocycles. The van der Waals surface area contributed by atoms with Crippen LogP contribution in [0.5, 0.6) is 0 Å². The van der Waals surface area contributed by atoms with Gasteiger partial charge in [-0.3, -0.25) is 0 Å². The molecule has 0 aliphatic carbocycles. The average molecular weight is 275 g/mol. The fourth-order valence-electron chi connectivity index (χ4n) is 0. The molecule has 0 heterocycles. The van der Waals surface area contributed by atoms with E-state index in [1.54, 1.807) is 0 Å². The number of hydrogen-bond donors (Lipinski definition) is 0. The van der Waals surface area contributed by atoms with Crippen molar-refractivity contribution in [3.8, 4) is 0 Å². The summed E-state index contributed by atoms with van der Waals surface area (Å²) in [6.07, 6.45) is -0.681. The van der Waals surface area contributed by atoms with Crippen LogP contribution in [-0.4, -0.2) is 6.30 Å². The van der Waals surface area contributed by atoms with Crippen LogP contribution >= 0.6 is 0 Å². The third kappa shape index (κ3) is 50.8. The summed E-state index contributed by atoms with van der Waals surface area (Å²) < 4.78 is 0. The Balaban J connectivity index is 0. The van der Waals surface area contributed by atoms with Crippen molar-refractivity contribution < 1.29 is 37.1 Å². The average Bonchev–Trinajstić information content (AvgIpc) is 0.722. The quantitative estimate of drug-likeness (QED) is 0.586. The molecule has 0 saturated carbocycles. The van der Waals surface area contributed by atoms with Crippen molar-refractivity contribution in [1.29, 1.82) is 0 Å². The molecule has 0 aromatic carbocycles. The zero-order chi connectivity index (χ0) is 4.50. The van der Waals surface area contributed by atoms with Crippen molar-refractivity contribution in [3.05, 3.63) is 0 Å². The molecular weight excluding hydrogens is 266 g/mol. The van der Waals surface area contributed by atoms with Gasteiger partial charge in [-0.25, -0.2) is 0 Å². The molecule has 0 N–H and O–H groups in total. The van der Waals surface area contributed by atoms with Crippen LogP contribution in [0.15, 0.2) is 0 Å². The van der Waals surface area contributed by atoms with E-state index in [9.17, 15) is 0 Å². The smallest absolute Gasteiger partial charge is 0 e. The summed E-state index contributed by atoms with van der Waals surface area (Å²) in [6.45, 7) is 6.89. The van der Waals surface area contributed by atoms with E-state index in [0.29, 0.717) is 0 Å². The van der Waals surface area contributed by atoms with Crippen molar-refractivity contribution >= 4 is 6.30 Å². The van der Waals surface area contributed by atoms with Crippen LogP contribution in [0.2, 0.25) is 19.6 Å². The predicted octanol–water partition coefficient (Wildman–Crippen LogP) is 1.37. The maximum atomic E-state index is 2.77. The Morgan fingerprint density at radius 2 is 1.17 bits per heavy atom. The third-order valence-corrected chi connectivity index (χ3v) is 0. The fourth-order valence-corrected chi connectivity index (χ4v) is 0. The van der Waals surface area contributed by atoms with E-state index in [2.05, 4.69) is 37.2 Å². The van der Waals surface area contributed by atoms with Gasteiger partial charge in [0.15, 0.2) is 0 Å². The maximum absolute atomic E-state index is 2.77. The Hall–Kier alpha value is 1.46. The van der Waals surface area contributed by atoms with E-state index < -0.39 is 6.30 Å². The molecule has 0 rings (SSSR count). The van der Waals surface area contributed by atoms with Gasteiger partial charge in [-0.15, -0.1) is 0 Å². The standard InChI is InChI=1S/C3H9Si.2Ru/c1-4(2)3;;/h1-3H3;;. The minimum atomic E-state index is -0.681. The summed E-state index contributed by atoms with van der Waals surface area (Å²) in [5.74, 6) is 0. The molecule has 0 saturated heterocycles. The minimum Gasteiger partial charge on any atom is 0 e. The molecule has 0 aliphatic rings. The van der Waals surface area contributed by atoms with Gasteiger partial charge < -0.3 is 0 Å². The molecule has 0 fully saturated rings. The first-order valence-corrected chi connectivity index (χ1v) is 7.64. The van der Waals surface area contributed by atoms with E-state index in [1.165, 1.54) is 0 Å². The summed E-state index contributed by atoms with van der Waals surface area (Å²) in [4.78, 5) is 0. The first kappa shape index (κ1) is 10.4. The molecule has 6 heavy (non-hydrogen) atoms. The van der Waals surface area contributed by atoms with E-state index >= 15 is 0 Å². The van der Waals surface area contributed by atoms with Crippen LogP contribution in [-0.2, 0) is 37.1 Å². The molecule has 0 atom stereocenters. The largest absolute Gasteiger partial charge is 0 e. The second-order valence-electron chi connectivity index (χ2n) is 2.03. The van der Waals surface area contributed by atoms with Crippen molar-refractivity contribution in [2.45, 2.75) is 19.6 Å². The molecule has 0 amide bonds. The van der Waals surface area contributed by atoms with Gasteiger partial charge in [-0.2, -0.15) is 0 Å². The SMILES string of the molecule is C[Si](C)(C)[Ru].[Ru]. The van der Waals surface area contributed by atoms with Gasteiger partial charge in [0.05, 0.1) is 0 Å². The van der Waals surface area contributed by atoms with E-state index in [0.717, 1.165) is 0 Å². The Labute approximate surface area is 62.8 Å². The number of hydrogen-bond acceptors (Lipinski definition) is 0. The second-order valence-corrected chi connectivity index (χ2v) is 13.9. The maximum Gasteiger partial charge on any atom is 0 e. The van der Waals surface area contributed by atoms with Crippen LogP contribution in [0, 0.1) is 0 Å². The predicted molar refractivity (Wildman–Crippen MR) is 23.3 cm³/mol. The second kappa shape index (κ2) is 3.46. The van der Waals surface area contributed by atoms with Gasteiger partial charge in [0.2, 0.25) is 0 Å². The van der Waals surface area contributed by atoms with Gasteiger partial charge in [0.1, 0.15) is 0 Å². The monoisotopic (exact) mass is 277 g/mol. The summed E-state index contributed by atoms with van der Waals surface area (Å²) in [5, 5.41) is 0. The summed E-state index contributed by atoms with van der Waals surface area (Å²) >= 11 is 2.77.